The standard InChI is InChI=1S/C30H18O9/c31-16-4-1-14(2-5-16)26-11-23(35)20-10-19(22(34)12-28(20)38-26)18-7-15(3-6-21(18)33)27-13-25(37)30-24(36)8-17(32)9-29(30)39-27/h1-13,31-34,36H. The van der Waals surface area contributed by atoms with Gasteiger partial charge in [-0.25, -0.2) is 0 Å². The van der Waals surface area contributed by atoms with Crippen LogP contribution in [0.1, 0.15) is 0 Å². The Bertz CT molecular complexity index is 2050. The number of phenols is 5. The highest BCUT2D eigenvalue weighted by molar-refractivity contribution is 5.91. The van der Waals surface area contributed by atoms with Crippen LogP contribution in [0.2, 0.25) is 0 Å². The molecule has 0 radical (unpaired) electrons. The van der Waals surface area contributed by atoms with Gasteiger partial charge >= 0.3 is 0 Å². The molecule has 0 saturated carbocycles. The van der Waals surface area contributed by atoms with Gasteiger partial charge in [0.05, 0.1) is 5.39 Å². The minimum atomic E-state index is -0.547. The molecule has 0 bridgehead atoms. The highest BCUT2D eigenvalue weighted by atomic mass is 16.3. The third kappa shape index (κ3) is 4.08. The SMILES string of the molecule is O=c1cc(-c2ccc(O)cc2)oc2cc(O)c(-c3cc(-c4cc(=O)c5c(O)cc(O)cc5o4)ccc3O)cc12. The Labute approximate surface area is 218 Å². The van der Waals surface area contributed by atoms with E-state index < -0.39 is 16.6 Å². The topological polar surface area (TPSA) is 162 Å². The van der Waals surface area contributed by atoms with E-state index in [0.29, 0.717) is 11.1 Å². The van der Waals surface area contributed by atoms with Crippen molar-refractivity contribution < 1.29 is 34.4 Å². The Morgan fingerprint density at radius 2 is 1.13 bits per heavy atom. The summed E-state index contributed by atoms with van der Waals surface area (Å²) in [6.45, 7) is 0. The number of hydrogen-bond donors (Lipinski definition) is 5. The van der Waals surface area contributed by atoms with Gasteiger partial charge in [-0.2, -0.15) is 0 Å². The van der Waals surface area contributed by atoms with Crippen molar-refractivity contribution in [3.8, 4) is 62.5 Å². The molecular weight excluding hydrogens is 504 g/mol. The smallest absolute Gasteiger partial charge is 0.197 e. The van der Waals surface area contributed by atoms with Crippen LogP contribution in [0, 0.1) is 0 Å². The first-order valence-electron chi connectivity index (χ1n) is 11.6. The fraction of sp³-hybridized carbons (Fsp3) is 0. The summed E-state index contributed by atoms with van der Waals surface area (Å²) in [5.41, 5.74) is 0.312. The molecule has 0 saturated heterocycles. The maximum Gasteiger partial charge on any atom is 0.197 e. The van der Waals surface area contributed by atoms with E-state index in [4.69, 9.17) is 8.83 Å². The molecule has 0 spiro atoms. The molecule has 9 nitrogen and oxygen atoms in total. The molecule has 6 aromatic rings. The lowest BCUT2D eigenvalue weighted by atomic mass is 9.98. The van der Waals surface area contributed by atoms with E-state index in [-0.39, 0.29) is 67.6 Å². The summed E-state index contributed by atoms with van der Waals surface area (Å²) in [4.78, 5) is 25.6. The molecule has 39 heavy (non-hydrogen) atoms. The van der Waals surface area contributed by atoms with Crippen molar-refractivity contribution in [2.75, 3.05) is 0 Å². The van der Waals surface area contributed by atoms with E-state index in [1.807, 2.05) is 0 Å². The van der Waals surface area contributed by atoms with E-state index in [2.05, 4.69) is 0 Å². The van der Waals surface area contributed by atoms with Gasteiger partial charge in [-0.15, -0.1) is 0 Å². The summed E-state index contributed by atoms with van der Waals surface area (Å²) in [5, 5.41) is 50.9. The second-order valence-electron chi connectivity index (χ2n) is 8.93. The zero-order valence-electron chi connectivity index (χ0n) is 19.9. The average molecular weight is 522 g/mol. The van der Waals surface area contributed by atoms with Crippen molar-refractivity contribution in [3.05, 3.63) is 99.3 Å². The lowest BCUT2D eigenvalue weighted by molar-refractivity contribution is 0.452. The van der Waals surface area contributed by atoms with Crippen LogP contribution in [0.15, 0.2) is 97.3 Å². The van der Waals surface area contributed by atoms with Crippen LogP contribution >= 0.6 is 0 Å². The Balaban J connectivity index is 1.49. The highest BCUT2D eigenvalue weighted by Crippen LogP contribution is 2.40. The molecule has 0 atom stereocenters. The predicted molar refractivity (Wildman–Crippen MR) is 143 cm³/mol. The van der Waals surface area contributed by atoms with E-state index >= 15 is 0 Å². The van der Waals surface area contributed by atoms with Gasteiger partial charge in [-0.05, 0) is 48.5 Å². The normalized spacial score (nSPS) is 11.3. The molecule has 0 fully saturated rings. The van der Waals surface area contributed by atoms with Crippen LogP contribution in [0.5, 0.6) is 28.7 Å². The lowest BCUT2D eigenvalue weighted by Gasteiger charge is -2.12. The van der Waals surface area contributed by atoms with Gasteiger partial charge < -0.3 is 34.4 Å². The van der Waals surface area contributed by atoms with Crippen LogP contribution in [-0.2, 0) is 0 Å². The van der Waals surface area contributed by atoms with Crippen LogP contribution in [0.25, 0.3) is 55.7 Å². The van der Waals surface area contributed by atoms with Gasteiger partial charge in [0.15, 0.2) is 10.9 Å². The van der Waals surface area contributed by atoms with Gasteiger partial charge in [-0.3, -0.25) is 9.59 Å². The summed E-state index contributed by atoms with van der Waals surface area (Å²) < 4.78 is 11.6. The first-order chi connectivity index (χ1) is 18.7. The second-order valence-corrected chi connectivity index (χ2v) is 8.93. The summed E-state index contributed by atoms with van der Waals surface area (Å²) in [7, 11) is 0. The third-order valence-electron chi connectivity index (χ3n) is 6.36. The fourth-order valence-corrected chi connectivity index (χ4v) is 4.48. The molecule has 0 unspecified atom stereocenters. The van der Waals surface area contributed by atoms with E-state index in [9.17, 15) is 35.1 Å². The van der Waals surface area contributed by atoms with Crippen molar-refractivity contribution in [2.45, 2.75) is 0 Å². The molecule has 192 valence electrons. The molecule has 5 N–H and O–H groups in total. The minimum absolute atomic E-state index is 0.0415. The van der Waals surface area contributed by atoms with Crippen molar-refractivity contribution >= 4 is 21.9 Å². The van der Waals surface area contributed by atoms with Gasteiger partial charge in [0.2, 0.25) is 0 Å². The summed E-state index contributed by atoms with van der Waals surface area (Å²) in [5.74, 6) is -0.825. The number of hydrogen-bond acceptors (Lipinski definition) is 9. The maximum absolute atomic E-state index is 13.0. The molecule has 2 aromatic heterocycles. The van der Waals surface area contributed by atoms with Crippen LogP contribution in [0.3, 0.4) is 0 Å². The molecule has 9 heteroatoms. The van der Waals surface area contributed by atoms with Crippen molar-refractivity contribution in [1.82, 2.24) is 0 Å². The van der Waals surface area contributed by atoms with Crippen molar-refractivity contribution in [1.29, 1.82) is 0 Å². The van der Waals surface area contributed by atoms with Crippen molar-refractivity contribution in [2.24, 2.45) is 0 Å². The summed E-state index contributed by atoms with van der Waals surface area (Å²) in [6, 6.07) is 17.7. The van der Waals surface area contributed by atoms with Crippen LogP contribution in [0.4, 0.5) is 0 Å². The molecule has 0 aliphatic carbocycles. The van der Waals surface area contributed by atoms with Gasteiger partial charge in [0.1, 0.15) is 56.8 Å². The molecule has 6 rings (SSSR count). The Morgan fingerprint density at radius 3 is 1.90 bits per heavy atom. The molecule has 2 heterocycles. The van der Waals surface area contributed by atoms with E-state index in [1.165, 1.54) is 54.6 Å². The van der Waals surface area contributed by atoms with Gasteiger partial charge in [0.25, 0.3) is 0 Å². The number of benzene rings is 4. The van der Waals surface area contributed by atoms with Gasteiger partial charge in [0, 0.05) is 52.6 Å². The van der Waals surface area contributed by atoms with Gasteiger partial charge in [-0.1, -0.05) is 0 Å². The van der Waals surface area contributed by atoms with E-state index in [1.54, 1.807) is 12.1 Å². The molecule has 0 aliphatic heterocycles. The largest absolute Gasteiger partial charge is 0.508 e. The first kappa shape index (κ1) is 23.7. The molecular formula is C30H18O9. The molecule has 0 aliphatic rings. The number of fused-ring (bicyclic) bond motifs is 2. The van der Waals surface area contributed by atoms with E-state index in [0.717, 1.165) is 12.1 Å². The number of phenolic OH excluding ortho intramolecular Hbond substituents is 5. The minimum Gasteiger partial charge on any atom is -0.508 e. The predicted octanol–water partition coefficient (Wildman–Crippen LogP) is 5.43. The first-order valence-corrected chi connectivity index (χ1v) is 11.6. The Kier molecular flexibility index (Phi) is 5.28. The summed E-state index contributed by atoms with van der Waals surface area (Å²) in [6.07, 6.45) is 0. The molecule has 0 amide bonds. The fourth-order valence-electron chi connectivity index (χ4n) is 4.48. The third-order valence-corrected chi connectivity index (χ3v) is 6.36. The quantitative estimate of drug-likeness (QED) is 0.204. The zero-order chi connectivity index (χ0) is 27.4. The zero-order valence-corrected chi connectivity index (χ0v) is 19.9. The number of rotatable bonds is 3. The Hall–Kier alpha value is -5.70. The van der Waals surface area contributed by atoms with Crippen LogP contribution < -0.4 is 10.9 Å². The summed E-state index contributed by atoms with van der Waals surface area (Å²) >= 11 is 0. The monoisotopic (exact) mass is 522 g/mol. The molecule has 4 aromatic carbocycles. The second kappa shape index (κ2) is 8.70. The highest BCUT2D eigenvalue weighted by Gasteiger charge is 2.18. The lowest BCUT2D eigenvalue weighted by Crippen LogP contribution is -2.01. The number of aromatic hydroxyl groups is 5. The maximum atomic E-state index is 13.0. The van der Waals surface area contributed by atoms with Crippen LogP contribution in [-0.4, -0.2) is 25.5 Å². The Morgan fingerprint density at radius 1 is 0.487 bits per heavy atom. The average Bonchev–Trinajstić information content (AvgIpc) is 2.88. The van der Waals surface area contributed by atoms with Crippen molar-refractivity contribution in [3.63, 3.8) is 0 Å².